The van der Waals surface area contributed by atoms with Gasteiger partial charge >= 0.3 is 0 Å². The number of nitrogens with two attached hydrogens (primary N) is 1. The van der Waals surface area contributed by atoms with E-state index < -0.39 is 0 Å². The SMILES string of the molecule is Nc1cn[nH]c1C(=O)NCCCn1cccn1. The highest BCUT2D eigenvalue weighted by Crippen LogP contribution is 2.04. The number of nitrogens with zero attached hydrogens (tertiary/aromatic N) is 3. The Balaban J connectivity index is 1.72. The van der Waals surface area contributed by atoms with Crippen LogP contribution >= 0.6 is 0 Å². The summed E-state index contributed by atoms with van der Waals surface area (Å²) in [4.78, 5) is 11.6. The molecule has 2 rings (SSSR count). The van der Waals surface area contributed by atoms with E-state index >= 15 is 0 Å². The van der Waals surface area contributed by atoms with Crippen molar-refractivity contribution in [1.29, 1.82) is 0 Å². The lowest BCUT2D eigenvalue weighted by Gasteiger charge is -2.04. The Hall–Kier alpha value is -2.31. The number of rotatable bonds is 5. The highest BCUT2D eigenvalue weighted by Gasteiger charge is 2.10. The van der Waals surface area contributed by atoms with Crippen molar-refractivity contribution in [3.8, 4) is 0 Å². The second kappa shape index (κ2) is 5.15. The molecule has 2 heterocycles. The molecule has 0 aliphatic rings. The number of H-pyrrole nitrogens is 1. The molecule has 0 aliphatic carbocycles. The van der Waals surface area contributed by atoms with Gasteiger partial charge in [-0.05, 0) is 12.5 Å². The monoisotopic (exact) mass is 234 g/mol. The van der Waals surface area contributed by atoms with Crippen molar-refractivity contribution in [2.24, 2.45) is 0 Å². The third-order valence-corrected chi connectivity index (χ3v) is 2.30. The zero-order chi connectivity index (χ0) is 12.1. The average Bonchev–Trinajstić information content (AvgIpc) is 2.95. The first-order chi connectivity index (χ1) is 8.27. The molecule has 0 radical (unpaired) electrons. The zero-order valence-corrected chi connectivity index (χ0v) is 9.26. The van der Waals surface area contributed by atoms with Gasteiger partial charge in [0.05, 0.1) is 11.9 Å². The van der Waals surface area contributed by atoms with Gasteiger partial charge in [-0.2, -0.15) is 10.2 Å². The standard InChI is InChI=1S/C10H14N6O/c11-8-7-13-15-9(8)10(17)12-3-1-5-16-6-2-4-14-16/h2,4,6-7H,1,3,5,11H2,(H,12,17)(H,13,15). The molecule has 2 aromatic heterocycles. The van der Waals surface area contributed by atoms with Gasteiger partial charge in [-0.1, -0.05) is 0 Å². The second-order valence-corrected chi connectivity index (χ2v) is 3.58. The maximum Gasteiger partial charge on any atom is 0.271 e. The van der Waals surface area contributed by atoms with Crippen molar-refractivity contribution in [2.75, 3.05) is 12.3 Å². The molecule has 0 bridgehead atoms. The summed E-state index contributed by atoms with van der Waals surface area (Å²) in [7, 11) is 0. The van der Waals surface area contributed by atoms with Gasteiger partial charge in [-0.15, -0.1) is 0 Å². The molecule has 90 valence electrons. The van der Waals surface area contributed by atoms with Crippen LogP contribution in [0.5, 0.6) is 0 Å². The molecule has 7 heteroatoms. The van der Waals surface area contributed by atoms with Crippen molar-refractivity contribution in [3.05, 3.63) is 30.4 Å². The highest BCUT2D eigenvalue weighted by atomic mass is 16.1. The minimum Gasteiger partial charge on any atom is -0.396 e. The second-order valence-electron chi connectivity index (χ2n) is 3.58. The number of carbonyl (C=O) groups is 1. The maximum atomic E-state index is 11.6. The van der Waals surface area contributed by atoms with Gasteiger partial charge in [-0.3, -0.25) is 14.6 Å². The van der Waals surface area contributed by atoms with Crippen LogP contribution in [0.25, 0.3) is 0 Å². The molecule has 7 nitrogen and oxygen atoms in total. The first-order valence-electron chi connectivity index (χ1n) is 5.32. The Bertz CT molecular complexity index is 475. The van der Waals surface area contributed by atoms with Crippen molar-refractivity contribution in [2.45, 2.75) is 13.0 Å². The van der Waals surface area contributed by atoms with Crippen molar-refractivity contribution >= 4 is 11.6 Å². The van der Waals surface area contributed by atoms with Gasteiger partial charge in [0, 0.05) is 25.5 Å². The van der Waals surface area contributed by atoms with Gasteiger partial charge in [-0.25, -0.2) is 0 Å². The van der Waals surface area contributed by atoms with Gasteiger partial charge in [0.25, 0.3) is 5.91 Å². The van der Waals surface area contributed by atoms with Crippen molar-refractivity contribution < 1.29 is 4.79 Å². The molecule has 1 amide bonds. The summed E-state index contributed by atoms with van der Waals surface area (Å²) >= 11 is 0. The topological polar surface area (TPSA) is 102 Å². The van der Waals surface area contributed by atoms with Crippen LogP contribution in [0.4, 0.5) is 5.69 Å². The van der Waals surface area contributed by atoms with Crippen LogP contribution in [-0.4, -0.2) is 32.4 Å². The van der Waals surface area contributed by atoms with Crippen molar-refractivity contribution in [1.82, 2.24) is 25.3 Å². The lowest BCUT2D eigenvalue weighted by molar-refractivity contribution is 0.0948. The Kier molecular flexibility index (Phi) is 3.39. The minimum atomic E-state index is -0.236. The summed E-state index contributed by atoms with van der Waals surface area (Å²) in [6.45, 7) is 1.34. The Morgan fingerprint density at radius 3 is 3.12 bits per heavy atom. The average molecular weight is 234 g/mol. The van der Waals surface area contributed by atoms with Crippen LogP contribution in [0.15, 0.2) is 24.7 Å². The molecule has 17 heavy (non-hydrogen) atoms. The number of aromatic nitrogens is 4. The molecule has 0 saturated heterocycles. The summed E-state index contributed by atoms with van der Waals surface area (Å²) in [5, 5.41) is 13.1. The lowest BCUT2D eigenvalue weighted by Crippen LogP contribution is -2.26. The third-order valence-electron chi connectivity index (χ3n) is 2.30. The summed E-state index contributed by atoms with van der Waals surface area (Å²) < 4.78 is 1.82. The van der Waals surface area contributed by atoms with Gasteiger partial charge < -0.3 is 11.1 Å². The number of nitrogens with one attached hydrogen (secondary N) is 2. The third kappa shape index (κ3) is 2.83. The number of aryl methyl sites for hydroxylation is 1. The smallest absolute Gasteiger partial charge is 0.271 e. The number of aromatic amines is 1. The van der Waals surface area contributed by atoms with Crippen LogP contribution in [0.2, 0.25) is 0 Å². The molecule has 0 spiro atoms. The number of anilines is 1. The van der Waals surface area contributed by atoms with E-state index in [4.69, 9.17) is 5.73 Å². The molecule has 0 saturated carbocycles. The normalized spacial score (nSPS) is 10.4. The molecule has 2 aromatic rings. The van der Waals surface area contributed by atoms with Crippen LogP contribution in [0.3, 0.4) is 0 Å². The fourth-order valence-electron chi connectivity index (χ4n) is 1.44. The van der Waals surface area contributed by atoms with E-state index in [2.05, 4.69) is 20.6 Å². The van der Waals surface area contributed by atoms with Crippen LogP contribution in [0.1, 0.15) is 16.9 Å². The Morgan fingerprint density at radius 2 is 2.47 bits per heavy atom. The highest BCUT2D eigenvalue weighted by molar-refractivity contribution is 5.96. The van der Waals surface area contributed by atoms with Crippen molar-refractivity contribution in [3.63, 3.8) is 0 Å². The summed E-state index contributed by atoms with van der Waals surface area (Å²) in [5.41, 5.74) is 6.22. The molecular formula is C10H14N6O. The number of hydrogen-bond donors (Lipinski definition) is 3. The van der Waals surface area contributed by atoms with E-state index in [1.807, 2.05) is 16.9 Å². The number of nitrogen functional groups attached to an aromatic ring is 1. The van der Waals surface area contributed by atoms with Gasteiger partial charge in [0.2, 0.25) is 0 Å². The molecule has 0 unspecified atom stereocenters. The fourth-order valence-corrected chi connectivity index (χ4v) is 1.44. The number of hydrogen-bond acceptors (Lipinski definition) is 4. The van der Waals surface area contributed by atoms with E-state index in [-0.39, 0.29) is 5.91 Å². The summed E-state index contributed by atoms with van der Waals surface area (Å²) in [6, 6.07) is 1.86. The van der Waals surface area contributed by atoms with Gasteiger partial charge in [0.15, 0.2) is 0 Å². The van der Waals surface area contributed by atoms with Crippen LogP contribution in [-0.2, 0) is 6.54 Å². The van der Waals surface area contributed by atoms with E-state index in [1.54, 1.807) is 6.20 Å². The zero-order valence-electron chi connectivity index (χ0n) is 9.26. The number of carbonyl (C=O) groups excluding carboxylic acids is 1. The molecule has 4 N–H and O–H groups in total. The fraction of sp³-hybridized carbons (Fsp3) is 0.300. The lowest BCUT2D eigenvalue weighted by atomic mass is 10.3. The summed E-state index contributed by atoms with van der Waals surface area (Å²) in [5.74, 6) is -0.236. The van der Waals surface area contributed by atoms with E-state index in [9.17, 15) is 4.79 Å². The maximum absolute atomic E-state index is 11.6. The minimum absolute atomic E-state index is 0.236. The molecular weight excluding hydrogens is 220 g/mol. The van der Waals surface area contributed by atoms with Gasteiger partial charge in [0.1, 0.15) is 5.69 Å². The Labute approximate surface area is 98.0 Å². The van der Waals surface area contributed by atoms with E-state index in [0.717, 1.165) is 13.0 Å². The Morgan fingerprint density at radius 1 is 1.59 bits per heavy atom. The molecule has 0 fully saturated rings. The number of amides is 1. The summed E-state index contributed by atoms with van der Waals surface area (Å²) in [6.07, 6.45) is 5.83. The predicted octanol–water partition coefficient (Wildman–Crippen LogP) is 0.00850. The van der Waals surface area contributed by atoms with E-state index in [0.29, 0.717) is 17.9 Å². The molecule has 0 atom stereocenters. The van der Waals surface area contributed by atoms with E-state index in [1.165, 1.54) is 6.20 Å². The largest absolute Gasteiger partial charge is 0.396 e. The first-order valence-corrected chi connectivity index (χ1v) is 5.32. The predicted molar refractivity (Wildman–Crippen MR) is 62.2 cm³/mol. The first kappa shape index (κ1) is 11.2. The quantitative estimate of drug-likeness (QED) is 0.634. The molecule has 0 aromatic carbocycles. The van der Waals surface area contributed by atoms with Crippen LogP contribution in [0, 0.1) is 0 Å². The van der Waals surface area contributed by atoms with Crippen LogP contribution < -0.4 is 11.1 Å². The molecule has 0 aliphatic heterocycles.